The lowest BCUT2D eigenvalue weighted by molar-refractivity contribution is 0.464. The Hall–Kier alpha value is -3.79. The number of hydrogen-bond acceptors (Lipinski definition) is 6. The molecule has 0 saturated carbocycles. The topological polar surface area (TPSA) is 96.9 Å². The Morgan fingerprint density at radius 1 is 0.943 bits per heavy atom. The fourth-order valence-corrected chi connectivity index (χ4v) is 4.01. The summed E-state index contributed by atoms with van der Waals surface area (Å²) in [6.45, 7) is 5.97. The molecule has 0 aliphatic carbocycles. The molecule has 6 nitrogen and oxygen atoms in total. The predicted molar refractivity (Wildman–Crippen MR) is 141 cm³/mol. The van der Waals surface area contributed by atoms with Crippen molar-refractivity contribution in [2.45, 2.75) is 26.7 Å². The van der Waals surface area contributed by atoms with Crippen molar-refractivity contribution < 1.29 is 4.74 Å². The Bertz CT molecular complexity index is 1430. The first-order valence-corrected chi connectivity index (χ1v) is 11.6. The highest BCUT2D eigenvalue weighted by Gasteiger charge is 2.19. The van der Waals surface area contributed by atoms with Gasteiger partial charge < -0.3 is 15.8 Å². The van der Waals surface area contributed by atoms with Crippen LogP contribution in [0.5, 0.6) is 11.6 Å². The molecule has 0 aliphatic rings. The summed E-state index contributed by atoms with van der Waals surface area (Å²) in [7, 11) is 0. The van der Waals surface area contributed by atoms with E-state index in [1.54, 1.807) is 18.2 Å². The standard InChI is InChI=1S/C27H23Cl2N5O/c1-15-4-9-20(10-16(15)2)35-27-25(31)26(32-14-33-27)34-24-12-23(29)21(11-17(24)3)22(13-30)18-5-7-19(28)8-6-18/h4-12,14,22H,31H2,1-3H3,(H,32,33,34). The van der Waals surface area contributed by atoms with Crippen molar-refractivity contribution in [2.24, 2.45) is 0 Å². The zero-order valence-corrected chi connectivity index (χ0v) is 20.9. The molecule has 176 valence electrons. The van der Waals surface area contributed by atoms with Gasteiger partial charge in [-0.05, 0) is 78.9 Å². The molecule has 0 amide bonds. The van der Waals surface area contributed by atoms with Gasteiger partial charge in [-0.2, -0.15) is 10.2 Å². The number of aryl methyl sites for hydroxylation is 3. The van der Waals surface area contributed by atoms with Gasteiger partial charge in [-0.3, -0.25) is 0 Å². The van der Waals surface area contributed by atoms with Crippen molar-refractivity contribution in [1.29, 1.82) is 5.26 Å². The van der Waals surface area contributed by atoms with E-state index in [4.69, 9.17) is 33.7 Å². The third-order valence-corrected chi connectivity index (χ3v) is 6.36. The summed E-state index contributed by atoms with van der Waals surface area (Å²) in [4.78, 5) is 8.46. The predicted octanol–water partition coefficient (Wildman–Crippen LogP) is 7.48. The van der Waals surface area contributed by atoms with Crippen molar-refractivity contribution in [3.8, 4) is 17.7 Å². The van der Waals surface area contributed by atoms with Crippen LogP contribution in [-0.4, -0.2) is 9.97 Å². The number of nitrogen functional groups attached to an aromatic ring is 1. The van der Waals surface area contributed by atoms with Gasteiger partial charge in [0, 0.05) is 15.7 Å². The summed E-state index contributed by atoms with van der Waals surface area (Å²) in [6, 6.07) is 18.9. The molecule has 0 fully saturated rings. The highest BCUT2D eigenvalue weighted by atomic mass is 35.5. The first-order valence-electron chi connectivity index (χ1n) is 10.8. The number of nitrogens with one attached hydrogen (secondary N) is 1. The molecule has 0 bridgehead atoms. The highest BCUT2D eigenvalue weighted by molar-refractivity contribution is 6.32. The Morgan fingerprint density at radius 2 is 1.69 bits per heavy atom. The molecule has 0 saturated heterocycles. The van der Waals surface area contributed by atoms with Crippen molar-refractivity contribution in [2.75, 3.05) is 11.1 Å². The lowest BCUT2D eigenvalue weighted by atomic mass is 9.91. The summed E-state index contributed by atoms with van der Waals surface area (Å²) in [5.41, 5.74) is 11.9. The highest BCUT2D eigenvalue weighted by Crippen LogP contribution is 2.37. The van der Waals surface area contributed by atoms with E-state index >= 15 is 0 Å². The van der Waals surface area contributed by atoms with Crippen LogP contribution >= 0.6 is 23.2 Å². The van der Waals surface area contributed by atoms with Gasteiger partial charge >= 0.3 is 0 Å². The number of benzene rings is 3. The lowest BCUT2D eigenvalue weighted by Crippen LogP contribution is -2.05. The Morgan fingerprint density at radius 3 is 2.37 bits per heavy atom. The second-order valence-electron chi connectivity index (χ2n) is 8.22. The normalized spacial score (nSPS) is 11.5. The third kappa shape index (κ3) is 5.32. The Labute approximate surface area is 214 Å². The van der Waals surface area contributed by atoms with Crippen LogP contribution in [0.25, 0.3) is 0 Å². The SMILES string of the molecule is Cc1ccc(Oc2ncnc(Nc3cc(Cl)c(C(C#N)c4ccc(Cl)cc4)cc3C)c2N)cc1C. The fourth-order valence-electron chi connectivity index (χ4n) is 3.62. The number of ether oxygens (including phenoxy) is 1. The molecule has 1 atom stereocenters. The molecule has 1 unspecified atom stereocenters. The first kappa shape index (κ1) is 24.3. The number of aromatic nitrogens is 2. The Kier molecular flexibility index (Phi) is 7.11. The van der Waals surface area contributed by atoms with Gasteiger partial charge in [0.15, 0.2) is 5.82 Å². The maximum absolute atomic E-state index is 9.84. The first-order chi connectivity index (χ1) is 16.8. The molecule has 4 aromatic rings. The molecule has 0 aliphatic heterocycles. The molecular weight excluding hydrogens is 481 g/mol. The van der Waals surface area contributed by atoms with Gasteiger partial charge in [-0.25, -0.2) is 4.98 Å². The second kappa shape index (κ2) is 10.2. The van der Waals surface area contributed by atoms with Crippen LogP contribution in [0.2, 0.25) is 10.0 Å². The number of nitriles is 1. The molecule has 0 radical (unpaired) electrons. The van der Waals surface area contributed by atoms with Crippen molar-refractivity contribution >= 4 is 40.4 Å². The average Bonchev–Trinajstić information content (AvgIpc) is 2.83. The van der Waals surface area contributed by atoms with Crippen molar-refractivity contribution in [1.82, 2.24) is 9.97 Å². The molecule has 0 spiro atoms. The van der Waals surface area contributed by atoms with E-state index in [0.717, 1.165) is 16.7 Å². The monoisotopic (exact) mass is 503 g/mol. The van der Waals surface area contributed by atoms with Crippen LogP contribution in [-0.2, 0) is 0 Å². The van der Waals surface area contributed by atoms with Crippen molar-refractivity contribution in [3.05, 3.63) is 98.8 Å². The molecule has 35 heavy (non-hydrogen) atoms. The van der Waals surface area contributed by atoms with Gasteiger partial charge in [-0.15, -0.1) is 0 Å². The third-order valence-electron chi connectivity index (χ3n) is 5.78. The number of nitrogens with two attached hydrogens (primary N) is 1. The molecule has 1 aromatic heterocycles. The molecule has 8 heteroatoms. The number of anilines is 3. The summed E-state index contributed by atoms with van der Waals surface area (Å²) in [5.74, 6) is 0.742. The minimum atomic E-state index is -0.533. The minimum Gasteiger partial charge on any atom is -0.437 e. The zero-order valence-electron chi connectivity index (χ0n) is 19.4. The van der Waals surface area contributed by atoms with Crippen LogP contribution < -0.4 is 15.8 Å². The summed E-state index contributed by atoms with van der Waals surface area (Å²) in [5, 5.41) is 14.1. The van der Waals surface area contributed by atoms with Crippen LogP contribution in [0, 0.1) is 32.1 Å². The van der Waals surface area contributed by atoms with Crippen LogP contribution in [0.4, 0.5) is 17.2 Å². The quantitative estimate of drug-likeness (QED) is 0.283. The molecule has 3 N–H and O–H groups in total. The van der Waals surface area contributed by atoms with Gasteiger partial charge in [-0.1, -0.05) is 47.5 Å². The largest absolute Gasteiger partial charge is 0.437 e. The Balaban J connectivity index is 1.61. The summed E-state index contributed by atoms with van der Waals surface area (Å²) in [6.07, 6.45) is 1.38. The summed E-state index contributed by atoms with van der Waals surface area (Å²) < 4.78 is 5.91. The minimum absolute atomic E-state index is 0.249. The van der Waals surface area contributed by atoms with Crippen LogP contribution in [0.1, 0.15) is 33.7 Å². The lowest BCUT2D eigenvalue weighted by Gasteiger charge is -2.17. The number of nitrogens with zero attached hydrogens (tertiary/aromatic N) is 3. The molecular formula is C27H23Cl2N5O. The van der Waals surface area contributed by atoms with E-state index in [2.05, 4.69) is 21.4 Å². The number of rotatable bonds is 6. The number of hydrogen-bond donors (Lipinski definition) is 2. The average molecular weight is 504 g/mol. The maximum Gasteiger partial charge on any atom is 0.248 e. The van der Waals surface area contributed by atoms with E-state index < -0.39 is 5.92 Å². The van der Waals surface area contributed by atoms with E-state index in [-0.39, 0.29) is 11.6 Å². The maximum atomic E-state index is 9.84. The fraction of sp³-hybridized carbons (Fsp3) is 0.148. The molecule has 1 heterocycles. The van der Waals surface area contributed by atoms with Crippen LogP contribution in [0.3, 0.4) is 0 Å². The molecule has 4 rings (SSSR count). The summed E-state index contributed by atoms with van der Waals surface area (Å²) >= 11 is 12.6. The van der Waals surface area contributed by atoms with Gasteiger partial charge in [0.2, 0.25) is 5.88 Å². The van der Waals surface area contributed by atoms with E-state index in [1.807, 2.05) is 57.2 Å². The van der Waals surface area contributed by atoms with E-state index in [9.17, 15) is 5.26 Å². The van der Waals surface area contributed by atoms with Crippen molar-refractivity contribution in [3.63, 3.8) is 0 Å². The smallest absolute Gasteiger partial charge is 0.248 e. The van der Waals surface area contributed by atoms with Gasteiger partial charge in [0.05, 0.1) is 12.0 Å². The van der Waals surface area contributed by atoms with E-state index in [0.29, 0.717) is 32.9 Å². The van der Waals surface area contributed by atoms with Crippen LogP contribution in [0.15, 0.2) is 60.9 Å². The molecule has 3 aromatic carbocycles. The zero-order chi connectivity index (χ0) is 25.1. The number of halogens is 2. The van der Waals surface area contributed by atoms with E-state index in [1.165, 1.54) is 11.9 Å². The van der Waals surface area contributed by atoms with Gasteiger partial charge in [0.25, 0.3) is 0 Å². The van der Waals surface area contributed by atoms with Gasteiger partial charge in [0.1, 0.15) is 17.8 Å². The second-order valence-corrected chi connectivity index (χ2v) is 9.06.